The molecule has 0 fully saturated rings. The van der Waals surface area contributed by atoms with E-state index in [1.54, 1.807) is 0 Å². The number of nitrogens with one attached hydrogen (secondary N) is 2. The van der Waals surface area contributed by atoms with Crippen molar-refractivity contribution in [2.45, 2.75) is 20.3 Å². The van der Waals surface area contributed by atoms with Gasteiger partial charge in [0.2, 0.25) is 0 Å². The first kappa shape index (κ1) is 11.1. The van der Waals surface area contributed by atoms with E-state index in [1.165, 1.54) is 11.3 Å². The molecule has 1 aromatic carbocycles. The minimum atomic E-state index is 0.728. The minimum absolute atomic E-state index is 0.728. The van der Waals surface area contributed by atoms with E-state index in [4.69, 9.17) is 0 Å². The first-order valence-electron chi connectivity index (χ1n) is 5.19. The van der Waals surface area contributed by atoms with E-state index in [9.17, 15) is 0 Å². The second-order valence-corrected chi connectivity index (χ2v) is 4.00. The molecule has 2 nitrogen and oxygen atoms in total. The predicted molar refractivity (Wildman–Crippen MR) is 62.5 cm³/mol. The summed E-state index contributed by atoms with van der Waals surface area (Å²) in [6.45, 7) is 5.30. The molecule has 1 rings (SSSR count). The Kier molecular flexibility index (Phi) is 4.47. The number of rotatable bonds is 5. The lowest BCUT2D eigenvalue weighted by Gasteiger charge is -2.08. The van der Waals surface area contributed by atoms with Crippen LogP contribution in [0.2, 0.25) is 0 Å². The zero-order chi connectivity index (χ0) is 10.4. The summed E-state index contributed by atoms with van der Waals surface area (Å²) in [5.74, 6) is 0.728. The van der Waals surface area contributed by atoms with Gasteiger partial charge in [0.05, 0.1) is 6.67 Å². The van der Waals surface area contributed by atoms with Crippen LogP contribution in [0.1, 0.15) is 19.4 Å². The van der Waals surface area contributed by atoms with Crippen molar-refractivity contribution in [3.05, 3.63) is 29.8 Å². The molecule has 14 heavy (non-hydrogen) atoms. The van der Waals surface area contributed by atoms with Crippen LogP contribution < -0.4 is 10.6 Å². The van der Waals surface area contributed by atoms with Gasteiger partial charge in [0, 0.05) is 5.69 Å². The molecule has 78 valence electrons. The van der Waals surface area contributed by atoms with Crippen molar-refractivity contribution in [3.63, 3.8) is 0 Å². The van der Waals surface area contributed by atoms with Crippen molar-refractivity contribution in [1.82, 2.24) is 5.32 Å². The van der Waals surface area contributed by atoms with Crippen molar-refractivity contribution >= 4 is 5.69 Å². The van der Waals surface area contributed by atoms with Gasteiger partial charge in [-0.2, -0.15) is 0 Å². The number of benzene rings is 1. The molecule has 0 radical (unpaired) electrons. The highest BCUT2D eigenvalue weighted by molar-refractivity contribution is 5.44. The quantitative estimate of drug-likeness (QED) is 0.700. The third-order valence-corrected chi connectivity index (χ3v) is 2.07. The van der Waals surface area contributed by atoms with E-state index in [1.807, 2.05) is 7.05 Å². The topological polar surface area (TPSA) is 24.1 Å². The monoisotopic (exact) mass is 192 g/mol. The van der Waals surface area contributed by atoms with E-state index < -0.39 is 0 Å². The Bertz CT molecular complexity index is 252. The fourth-order valence-corrected chi connectivity index (χ4v) is 1.42. The highest BCUT2D eigenvalue weighted by Gasteiger charge is 1.97. The van der Waals surface area contributed by atoms with E-state index >= 15 is 0 Å². The van der Waals surface area contributed by atoms with Gasteiger partial charge in [-0.15, -0.1) is 0 Å². The largest absolute Gasteiger partial charge is 0.372 e. The second kappa shape index (κ2) is 5.66. The molecule has 0 aliphatic heterocycles. The third-order valence-electron chi connectivity index (χ3n) is 2.07. The zero-order valence-corrected chi connectivity index (χ0v) is 9.30. The smallest absolute Gasteiger partial charge is 0.0650 e. The summed E-state index contributed by atoms with van der Waals surface area (Å²) in [7, 11) is 1.93. The maximum absolute atomic E-state index is 3.26. The Morgan fingerprint density at radius 1 is 1.14 bits per heavy atom. The molecule has 0 unspecified atom stereocenters. The van der Waals surface area contributed by atoms with Gasteiger partial charge in [0.1, 0.15) is 0 Å². The Morgan fingerprint density at radius 3 is 2.29 bits per heavy atom. The van der Waals surface area contributed by atoms with Gasteiger partial charge in [-0.3, -0.25) is 0 Å². The van der Waals surface area contributed by atoms with Crippen LogP contribution in [0, 0.1) is 5.92 Å². The summed E-state index contributed by atoms with van der Waals surface area (Å²) >= 11 is 0. The van der Waals surface area contributed by atoms with E-state index in [0.717, 1.165) is 19.0 Å². The molecule has 0 heterocycles. The van der Waals surface area contributed by atoms with Crippen LogP contribution in [0.4, 0.5) is 5.69 Å². The summed E-state index contributed by atoms with van der Waals surface area (Å²) < 4.78 is 0. The van der Waals surface area contributed by atoms with Crippen molar-refractivity contribution < 1.29 is 0 Å². The SMILES string of the molecule is CNCNc1ccc(CC(C)C)cc1. The summed E-state index contributed by atoms with van der Waals surface area (Å²) in [5.41, 5.74) is 2.59. The predicted octanol–water partition coefficient (Wildman–Crippen LogP) is 2.47. The van der Waals surface area contributed by atoms with Crippen LogP contribution in [-0.2, 0) is 6.42 Å². The van der Waals surface area contributed by atoms with E-state index in [0.29, 0.717) is 0 Å². The highest BCUT2D eigenvalue weighted by atomic mass is 15.0. The van der Waals surface area contributed by atoms with Gasteiger partial charge in [-0.05, 0) is 37.1 Å². The van der Waals surface area contributed by atoms with Crippen molar-refractivity contribution in [2.24, 2.45) is 5.92 Å². The van der Waals surface area contributed by atoms with Gasteiger partial charge < -0.3 is 10.6 Å². The molecule has 0 saturated heterocycles. The van der Waals surface area contributed by atoms with Crippen LogP contribution in [-0.4, -0.2) is 13.7 Å². The molecule has 0 saturated carbocycles. The molecular formula is C12H20N2. The fourth-order valence-electron chi connectivity index (χ4n) is 1.42. The molecule has 0 amide bonds. The molecule has 0 aliphatic rings. The Balaban J connectivity index is 2.50. The molecule has 0 atom stereocenters. The second-order valence-electron chi connectivity index (χ2n) is 4.00. The number of hydrogen-bond acceptors (Lipinski definition) is 2. The molecule has 1 aromatic rings. The minimum Gasteiger partial charge on any atom is -0.372 e. The first-order chi connectivity index (χ1) is 6.72. The third kappa shape index (κ3) is 3.79. The standard InChI is InChI=1S/C12H20N2/c1-10(2)8-11-4-6-12(7-5-11)14-9-13-3/h4-7,10,13-14H,8-9H2,1-3H3. The summed E-state index contributed by atoms with van der Waals surface area (Å²) in [6.07, 6.45) is 1.16. The van der Waals surface area contributed by atoms with Crippen LogP contribution in [0.5, 0.6) is 0 Å². The van der Waals surface area contributed by atoms with Gasteiger partial charge >= 0.3 is 0 Å². The first-order valence-corrected chi connectivity index (χ1v) is 5.19. The van der Waals surface area contributed by atoms with Crippen molar-refractivity contribution in [3.8, 4) is 0 Å². The summed E-state index contributed by atoms with van der Waals surface area (Å²) in [6, 6.07) is 8.65. The summed E-state index contributed by atoms with van der Waals surface area (Å²) in [4.78, 5) is 0. The van der Waals surface area contributed by atoms with Gasteiger partial charge in [0.25, 0.3) is 0 Å². The lowest BCUT2D eigenvalue weighted by atomic mass is 10.0. The van der Waals surface area contributed by atoms with Gasteiger partial charge in [0.15, 0.2) is 0 Å². The lowest BCUT2D eigenvalue weighted by Crippen LogP contribution is -2.16. The van der Waals surface area contributed by atoms with E-state index in [2.05, 4.69) is 48.7 Å². The van der Waals surface area contributed by atoms with Crippen molar-refractivity contribution in [1.29, 1.82) is 0 Å². The zero-order valence-electron chi connectivity index (χ0n) is 9.30. The lowest BCUT2D eigenvalue weighted by molar-refractivity contribution is 0.647. The molecule has 0 aliphatic carbocycles. The molecule has 0 bridgehead atoms. The molecule has 0 aromatic heterocycles. The Hall–Kier alpha value is -1.02. The molecule has 2 heteroatoms. The fraction of sp³-hybridized carbons (Fsp3) is 0.500. The number of anilines is 1. The van der Waals surface area contributed by atoms with Gasteiger partial charge in [-0.25, -0.2) is 0 Å². The van der Waals surface area contributed by atoms with Crippen LogP contribution in [0.25, 0.3) is 0 Å². The molecule has 2 N–H and O–H groups in total. The van der Waals surface area contributed by atoms with Crippen molar-refractivity contribution in [2.75, 3.05) is 19.0 Å². The van der Waals surface area contributed by atoms with Crippen LogP contribution in [0.15, 0.2) is 24.3 Å². The Labute approximate surface area is 86.7 Å². The Morgan fingerprint density at radius 2 is 1.79 bits per heavy atom. The number of hydrogen-bond donors (Lipinski definition) is 2. The average Bonchev–Trinajstić information content (AvgIpc) is 2.16. The van der Waals surface area contributed by atoms with Crippen LogP contribution in [0.3, 0.4) is 0 Å². The maximum atomic E-state index is 3.26. The van der Waals surface area contributed by atoms with Gasteiger partial charge in [-0.1, -0.05) is 26.0 Å². The normalized spacial score (nSPS) is 10.6. The highest BCUT2D eigenvalue weighted by Crippen LogP contribution is 2.12. The average molecular weight is 192 g/mol. The summed E-state index contributed by atoms with van der Waals surface area (Å²) in [5, 5.41) is 6.32. The van der Waals surface area contributed by atoms with Crippen LogP contribution >= 0.6 is 0 Å². The molecular weight excluding hydrogens is 172 g/mol. The van der Waals surface area contributed by atoms with E-state index in [-0.39, 0.29) is 0 Å². The maximum Gasteiger partial charge on any atom is 0.0650 e. The molecule has 0 spiro atoms.